The van der Waals surface area contributed by atoms with E-state index in [9.17, 15) is 4.79 Å². The lowest BCUT2D eigenvalue weighted by atomic mass is 9.98. The first kappa shape index (κ1) is 16.1. The topological polar surface area (TPSA) is 62.2 Å². The molecule has 0 radical (unpaired) electrons. The van der Waals surface area contributed by atoms with Crippen LogP contribution in [-0.2, 0) is 16.8 Å². The third kappa shape index (κ3) is 5.28. The Bertz CT molecular complexity index is 421. The molecule has 1 aromatic heterocycles. The Hall–Kier alpha value is -0.940. The molecule has 4 nitrogen and oxygen atoms in total. The zero-order valence-corrected chi connectivity index (χ0v) is 13.2. The number of carboxylic acids is 1. The summed E-state index contributed by atoms with van der Waals surface area (Å²) < 4.78 is 0. The molecule has 19 heavy (non-hydrogen) atoms. The number of aromatic nitrogens is 1. The predicted molar refractivity (Wildman–Crippen MR) is 78.5 cm³/mol. The van der Waals surface area contributed by atoms with Gasteiger partial charge in [-0.2, -0.15) is 0 Å². The second kappa shape index (κ2) is 6.48. The lowest BCUT2D eigenvalue weighted by Crippen LogP contribution is -2.37. The fourth-order valence-electron chi connectivity index (χ4n) is 1.70. The maximum atomic E-state index is 11.1. The highest BCUT2D eigenvalue weighted by Gasteiger charge is 2.20. The largest absolute Gasteiger partial charge is 0.480 e. The summed E-state index contributed by atoms with van der Waals surface area (Å²) in [5.41, 5.74) is 0.0487. The average molecular weight is 284 g/mol. The highest BCUT2D eigenvalue weighted by molar-refractivity contribution is 7.11. The number of nitrogens with zero attached hydrogens (tertiary/aromatic N) is 1. The van der Waals surface area contributed by atoms with Gasteiger partial charge in [0.25, 0.3) is 0 Å². The van der Waals surface area contributed by atoms with E-state index in [1.807, 2.05) is 20.0 Å². The number of carboxylic acid groups (broad SMARTS) is 1. The molecular formula is C14H24N2O2S. The molecule has 0 aliphatic carbocycles. The monoisotopic (exact) mass is 284 g/mol. The number of rotatable bonds is 6. The Balaban J connectivity index is 2.60. The molecule has 0 unspecified atom stereocenters. The van der Waals surface area contributed by atoms with E-state index in [2.05, 4.69) is 31.1 Å². The van der Waals surface area contributed by atoms with Crippen LogP contribution in [0.1, 0.15) is 50.9 Å². The van der Waals surface area contributed by atoms with Gasteiger partial charge < -0.3 is 5.11 Å². The lowest BCUT2D eigenvalue weighted by Gasteiger charge is -2.16. The van der Waals surface area contributed by atoms with Crippen molar-refractivity contribution in [2.45, 2.75) is 59.0 Å². The van der Waals surface area contributed by atoms with Crippen LogP contribution in [0.3, 0.4) is 0 Å². The van der Waals surface area contributed by atoms with Crippen LogP contribution in [0.5, 0.6) is 0 Å². The van der Waals surface area contributed by atoms with Crippen molar-refractivity contribution in [3.63, 3.8) is 0 Å². The first-order chi connectivity index (χ1) is 8.70. The molecule has 0 aliphatic rings. The van der Waals surface area contributed by atoms with Crippen molar-refractivity contribution in [1.82, 2.24) is 10.3 Å². The van der Waals surface area contributed by atoms with Gasteiger partial charge in [-0.25, -0.2) is 4.98 Å². The Kier molecular flexibility index (Phi) is 5.50. The zero-order valence-electron chi connectivity index (χ0n) is 12.4. The van der Waals surface area contributed by atoms with E-state index >= 15 is 0 Å². The normalized spacial score (nSPS) is 13.8. The molecule has 0 amide bonds. The van der Waals surface area contributed by atoms with Crippen LogP contribution in [-0.4, -0.2) is 22.1 Å². The number of carbonyl (C=O) groups is 1. The maximum absolute atomic E-state index is 11.1. The number of hydrogen-bond acceptors (Lipinski definition) is 4. The fourth-order valence-corrected chi connectivity index (χ4v) is 2.62. The summed E-state index contributed by atoms with van der Waals surface area (Å²) in [6.07, 6.45) is 2.48. The minimum atomic E-state index is -0.783. The Morgan fingerprint density at radius 3 is 2.53 bits per heavy atom. The molecule has 0 saturated carbocycles. The van der Waals surface area contributed by atoms with Crippen LogP contribution in [0.4, 0.5) is 0 Å². The van der Waals surface area contributed by atoms with Gasteiger partial charge >= 0.3 is 5.97 Å². The molecule has 0 saturated heterocycles. The van der Waals surface area contributed by atoms with Gasteiger partial charge in [-0.05, 0) is 12.3 Å². The molecule has 1 heterocycles. The van der Waals surface area contributed by atoms with Crippen molar-refractivity contribution in [3.05, 3.63) is 16.1 Å². The lowest BCUT2D eigenvalue weighted by molar-refractivity contribution is -0.140. The average Bonchev–Trinajstić information content (AvgIpc) is 2.71. The van der Waals surface area contributed by atoms with Crippen molar-refractivity contribution >= 4 is 17.3 Å². The summed E-state index contributed by atoms with van der Waals surface area (Å²) in [5.74, 6) is -0.422. The number of nitrogens with one attached hydrogen (secondary N) is 1. The molecule has 0 bridgehead atoms. The summed E-state index contributed by atoms with van der Waals surface area (Å²) in [5, 5.41) is 13.3. The molecule has 2 N–H and O–H groups in total. The number of hydrogen-bond donors (Lipinski definition) is 2. The van der Waals surface area contributed by atoms with Crippen molar-refractivity contribution in [3.8, 4) is 0 Å². The van der Waals surface area contributed by atoms with E-state index < -0.39 is 12.0 Å². The van der Waals surface area contributed by atoms with E-state index in [4.69, 9.17) is 5.11 Å². The van der Waals surface area contributed by atoms with E-state index in [1.165, 1.54) is 0 Å². The van der Waals surface area contributed by atoms with Crippen LogP contribution in [0.2, 0.25) is 0 Å². The van der Waals surface area contributed by atoms with E-state index in [-0.39, 0.29) is 5.41 Å². The van der Waals surface area contributed by atoms with Gasteiger partial charge in [0.2, 0.25) is 0 Å². The summed E-state index contributed by atoms with van der Waals surface area (Å²) in [6.45, 7) is 11.0. The van der Waals surface area contributed by atoms with Crippen LogP contribution < -0.4 is 5.32 Å². The van der Waals surface area contributed by atoms with Gasteiger partial charge in [0.05, 0.1) is 5.01 Å². The molecule has 0 fully saturated rings. The third-order valence-electron chi connectivity index (χ3n) is 2.72. The van der Waals surface area contributed by atoms with Gasteiger partial charge in [0.1, 0.15) is 6.04 Å². The molecule has 108 valence electrons. The van der Waals surface area contributed by atoms with Crippen molar-refractivity contribution in [2.24, 2.45) is 5.92 Å². The standard InChI is InChI=1S/C14H24N2O2S/c1-9(2)6-11(12(17)18)15-7-10-8-16-13(19-10)14(3,4)5/h8-9,11,15H,6-7H2,1-5H3,(H,17,18)/t11-/m0/s1. The van der Waals surface area contributed by atoms with E-state index in [0.717, 1.165) is 9.88 Å². The Labute approximate surface area is 119 Å². The first-order valence-corrected chi connectivity index (χ1v) is 7.43. The van der Waals surface area contributed by atoms with E-state index in [1.54, 1.807) is 11.3 Å². The van der Waals surface area contributed by atoms with Crippen molar-refractivity contribution < 1.29 is 9.90 Å². The van der Waals surface area contributed by atoms with Crippen molar-refractivity contribution in [1.29, 1.82) is 0 Å². The third-order valence-corrected chi connectivity index (χ3v) is 4.15. The second-order valence-electron chi connectivity index (χ2n) is 6.28. The van der Waals surface area contributed by atoms with Gasteiger partial charge in [-0.1, -0.05) is 34.6 Å². The predicted octanol–water partition coefficient (Wildman–Crippen LogP) is 3.03. The molecule has 1 aromatic rings. The minimum Gasteiger partial charge on any atom is -0.480 e. The fraction of sp³-hybridized carbons (Fsp3) is 0.714. The quantitative estimate of drug-likeness (QED) is 0.843. The molecular weight excluding hydrogens is 260 g/mol. The minimum absolute atomic E-state index is 0.0487. The number of thiazole rings is 1. The van der Waals surface area contributed by atoms with Gasteiger partial charge in [0.15, 0.2) is 0 Å². The summed E-state index contributed by atoms with van der Waals surface area (Å²) in [6, 6.07) is -0.486. The van der Waals surface area contributed by atoms with Gasteiger partial charge in [0, 0.05) is 23.0 Å². The summed E-state index contributed by atoms with van der Waals surface area (Å²) in [4.78, 5) is 16.6. The Morgan fingerprint density at radius 1 is 1.47 bits per heavy atom. The Morgan fingerprint density at radius 2 is 2.11 bits per heavy atom. The summed E-state index contributed by atoms with van der Waals surface area (Å²) >= 11 is 1.65. The molecule has 0 aromatic carbocycles. The smallest absolute Gasteiger partial charge is 0.320 e. The molecule has 0 aliphatic heterocycles. The first-order valence-electron chi connectivity index (χ1n) is 6.61. The SMILES string of the molecule is CC(C)C[C@H](NCc1cnc(C(C)(C)C)s1)C(=O)O. The van der Waals surface area contributed by atoms with Gasteiger partial charge in [-0.15, -0.1) is 11.3 Å². The molecule has 0 spiro atoms. The van der Waals surface area contributed by atoms with Crippen LogP contribution in [0.15, 0.2) is 6.20 Å². The van der Waals surface area contributed by atoms with Gasteiger partial charge in [-0.3, -0.25) is 10.1 Å². The highest BCUT2D eigenvalue weighted by Crippen LogP contribution is 2.26. The highest BCUT2D eigenvalue weighted by atomic mass is 32.1. The van der Waals surface area contributed by atoms with Crippen LogP contribution in [0, 0.1) is 5.92 Å². The zero-order chi connectivity index (χ0) is 14.6. The maximum Gasteiger partial charge on any atom is 0.320 e. The molecule has 1 rings (SSSR count). The van der Waals surface area contributed by atoms with Crippen LogP contribution in [0.25, 0.3) is 0 Å². The van der Waals surface area contributed by atoms with E-state index in [0.29, 0.717) is 18.9 Å². The molecule has 1 atom stereocenters. The van der Waals surface area contributed by atoms with Crippen molar-refractivity contribution in [2.75, 3.05) is 0 Å². The molecule has 5 heteroatoms. The van der Waals surface area contributed by atoms with Crippen LogP contribution >= 0.6 is 11.3 Å². The summed E-state index contributed by atoms with van der Waals surface area (Å²) in [7, 11) is 0. The number of aliphatic carboxylic acids is 1. The second-order valence-corrected chi connectivity index (χ2v) is 7.40.